The monoisotopic (exact) mass is 356 g/mol. The van der Waals surface area contributed by atoms with Crippen molar-refractivity contribution in [2.24, 2.45) is 0 Å². The Morgan fingerprint density at radius 3 is 2.27 bits per heavy atom. The van der Waals surface area contributed by atoms with Crippen LogP contribution in [0.15, 0.2) is 48.5 Å². The Balaban J connectivity index is 1.70. The fourth-order valence-corrected chi connectivity index (χ4v) is 4.11. The number of aryl methyl sites for hydroxylation is 1. The molecule has 0 radical (unpaired) electrons. The van der Waals surface area contributed by atoms with E-state index < -0.39 is 0 Å². The van der Waals surface area contributed by atoms with Crippen LogP contribution in [0.25, 0.3) is 0 Å². The molecular weight excluding hydrogens is 325 g/mol. The first-order valence-electron chi connectivity index (χ1n) is 9.95. The van der Waals surface area contributed by atoms with Crippen molar-refractivity contribution >= 4 is 0 Å². The molecule has 140 valence electrons. The highest BCUT2D eigenvalue weighted by atomic mass is 19.1. The number of nitrogens with zero attached hydrogens (tertiary/aromatic N) is 1. The van der Waals surface area contributed by atoms with Crippen molar-refractivity contribution in [2.45, 2.75) is 45.6 Å². The number of rotatable bonds is 6. The predicted molar refractivity (Wildman–Crippen MR) is 105 cm³/mol. The topological polar surface area (TPSA) is 9.23 Å². The van der Waals surface area contributed by atoms with Gasteiger partial charge in [-0.05, 0) is 44.2 Å². The van der Waals surface area contributed by atoms with E-state index in [-0.39, 0.29) is 5.82 Å². The molecule has 0 spiro atoms. The number of quaternary nitrogens is 1. The highest BCUT2D eigenvalue weighted by Crippen LogP contribution is 2.24. The van der Waals surface area contributed by atoms with Gasteiger partial charge < -0.3 is 9.22 Å². The number of para-hydroxylation sites is 1. The van der Waals surface area contributed by atoms with E-state index in [9.17, 15) is 4.39 Å². The van der Waals surface area contributed by atoms with Crippen LogP contribution in [0.4, 0.5) is 4.39 Å². The molecule has 0 bridgehead atoms. The molecule has 2 aromatic carbocycles. The van der Waals surface area contributed by atoms with Gasteiger partial charge in [0.15, 0.2) is 11.6 Å². The van der Waals surface area contributed by atoms with Crippen molar-refractivity contribution in [3.8, 4) is 5.75 Å². The van der Waals surface area contributed by atoms with Gasteiger partial charge in [0.05, 0.1) is 13.1 Å². The average Bonchev–Trinajstić information content (AvgIpc) is 2.62. The molecule has 1 aliphatic heterocycles. The molecule has 0 N–H and O–H groups in total. The highest BCUT2D eigenvalue weighted by Gasteiger charge is 2.28. The summed E-state index contributed by atoms with van der Waals surface area (Å²) in [6.45, 7) is 6.82. The van der Waals surface area contributed by atoms with E-state index in [1.165, 1.54) is 56.8 Å². The van der Waals surface area contributed by atoms with Crippen molar-refractivity contribution in [3.63, 3.8) is 0 Å². The zero-order chi connectivity index (χ0) is 18.2. The van der Waals surface area contributed by atoms with Crippen LogP contribution in [-0.2, 0) is 6.54 Å². The molecular formula is C23H31FNO+. The van der Waals surface area contributed by atoms with Crippen LogP contribution in [0.5, 0.6) is 5.75 Å². The van der Waals surface area contributed by atoms with Crippen molar-refractivity contribution in [1.82, 2.24) is 0 Å². The quantitative estimate of drug-likeness (QED) is 0.622. The van der Waals surface area contributed by atoms with Crippen molar-refractivity contribution in [2.75, 3.05) is 26.2 Å². The number of hydrogen-bond acceptors (Lipinski definition) is 1. The van der Waals surface area contributed by atoms with Gasteiger partial charge in [0, 0.05) is 5.56 Å². The molecule has 26 heavy (non-hydrogen) atoms. The number of ether oxygens (including phenoxy) is 1. The molecule has 3 rings (SSSR count). The SMILES string of the molecule is Cc1cccc(F)c1OCC[N+]1(Cc2ccccc2)CCCCCCC1. The number of halogens is 1. The highest BCUT2D eigenvalue weighted by molar-refractivity contribution is 5.33. The van der Waals surface area contributed by atoms with Gasteiger partial charge in [0.2, 0.25) is 0 Å². The lowest BCUT2D eigenvalue weighted by Crippen LogP contribution is -2.51. The fourth-order valence-electron chi connectivity index (χ4n) is 4.11. The normalized spacial score (nSPS) is 17.3. The van der Waals surface area contributed by atoms with E-state index in [1.807, 2.05) is 13.0 Å². The maximum absolute atomic E-state index is 14.0. The van der Waals surface area contributed by atoms with Gasteiger partial charge in [-0.25, -0.2) is 4.39 Å². The fraction of sp³-hybridized carbons (Fsp3) is 0.478. The molecule has 2 nitrogen and oxygen atoms in total. The van der Waals surface area contributed by atoms with Crippen LogP contribution in [0.2, 0.25) is 0 Å². The number of hydrogen-bond donors (Lipinski definition) is 0. The van der Waals surface area contributed by atoms with Gasteiger partial charge >= 0.3 is 0 Å². The molecule has 0 saturated carbocycles. The summed E-state index contributed by atoms with van der Waals surface area (Å²) in [5.74, 6) is 0.157. The Hall–Kier alpha value is -1.87. The Morgan fingerprint density at radius 1 is 0.885 bits per heavy atom. The third-order valence-electron chi connectivity index (χ3n) is 5.60. The van der Waals surface area contributed by atoms with Gasteiger partial charge in [-0.1, -0.05) is 48.9 Å². The lowest BCUT2D eigenvalue weighted by atomic mass is 10.0. The molecule has 3 heteroatoms. The van der Waals surface area contributed by atoms with E-state index in [1.54, 1.807) is 6.07 Å². The second-order valence-corrected chi connectivity index (χ2v) is 7.66. The summed E-state index contributed by atoms with van der Waals surface area (Å²) in [6.07, 6.45) is 6.54. The molecule has 1 saturated heterocycles. The van der Waals surface area contributed by atoms with Crippen molar-refractivity contribution < 1.29 is 13.6 Å². The predicted octanol–water partition coefficient (Wildman–Crippen LogP) is 5.49. The summed E-state index contributed by atoms with van der Waals surface area (Å²) in [5, 5.41) is 0. The third-order valence-corrected chi connectivity index (χ3v) is 5.60. The minimum Gasteiger partial charge on any atom is -0.484 e. The Morgan fingerprint density at radius 2 is 1.58 bits per heavy atom. The Labute approximate surface area is 157 Å². The van der Waals surface area contributed by atoms with Gasteiger partial charge in [0.25, 0.3) is 0 Å². The van der Waals surface area contributed by atoms with Crippen LogP contribution in [-0.4, -0.2) is 30.7 Å². The van der Waals surface area contributed by atoms with Crippen LogP contribution in [0, 0.1) is 12.7 Å². The maximum atomic E-state index is 14.0. The second-order valence-electron chi connectivity index (χ2n) is 7.66. The summed E-state index contributed by atoms with van der Waals surface area (Å²) in [5.41, 5.74) is 2.25. The lowest BCUT2D eigenvalue weighted by Gasteiger charge is -2.40. The van der Waals surface area contributed by atoms with Crippen LogP contribution >= 0.6 is 0 Å². The van der Waals surface area contributed by atoms with Crippen molar-refractivity contribution in [1.29, 1.82) is 0 Å². The zero-order valence-electron chi connectivity index (χ0n) is 15.9. The number of likely N-dealkylation sites (tertiary alicyclic amines) is 1. The Kier molecular flexibility index (Phi) is 6.67. The lowest BCUT2D eigenvalue weighted by molar-refractivity contribution is -0.941. The van der Waals surface area contributed by atoms with E-state index in [2.05, 4.69) is 30.3 Å². The molecule has 1 aliphatic rings. The summed E-state index contributed by atoms with van der Waals surface area (Å²) in [7, 11) is 0. The standard InChI is InChI=1S/C23H31FNO/c1-20-11-10-14-22(24)23(20)26-18-17-25(15-8-3-2-4-9-16-25)19-21-12-6-5-7-13-21/h5-7,10-14H,2-4,8-9,15-19H2,1H3/q+1. The number of benzene rings is 2. The first kappa shape index (κ1) is 18.9. The van der Waals surface area contributed by atoms with E-state index in [0.717, 1.165) is 23.1 Å². The maximum Gasteiger partial charge on any atom is 0.165 e. The summed E-state index contributed by atoms with van der Waals surface area (Å²) < 4.78 is 21.0. The van der Waals surface area contributed by atoms with Crippen LogP contribution in [0.3, 0.4) is 0 Å². The molecule has 0 amide bonds. The van der Waals surface area contributed by atoms with Crippen molar-refractivity contribution in [3.05, 3.63) is 65.5 Å². The van der Waals surface area contributed by atoms with Gasteiger partial charge in [0.1, 0.15) is 19.7 Å². The smallest absolute Gasteiger partial charge is 0.165 e. The zero-order valence-corrected chi connectivity index (χ0v) is 15.9. The molecule has 0 aliphatic carbocycles. The molecule has 1 heterocycles. The van der Waals surface area contributed by atoms with E-state index in [4.69, 9.17) is 4.74 Å². The van der Waals surface area contributed by atoms with E-state index in [0.29, 0.717) is 12.4 Å². The summed E-state index contributed by atoms with van der Waals surface area (Å²) in [4.78, 5) is 0. The molecule has 0 unspecified atom stereocenters. The summed E-state index contributed by atoms with van der Waals surface area (Å²) in [6, 6.07) is 15.9. The second kappa shape index (κ2) is 9.18. The minimum absolute atomic E-state index is 0.257. The first-order chi connectivity index (χ1) is 12.7. The van der Waals surface area contributed by atoms with Gasteiger partial charge in [-0.3, -0.25) is 0 Å². The van der Waals surface area contributed by atoms with Crippen LogP contribution < -0.4 is 4.74 Å². The molecule has 0 aromatic heterocycles. The molecule has 0 atom stereocenters. The van der Waals surface area contributed by atoms with E-state index >= 15 is 0 Å². The van der Waals surface area contributed by atoms with Gasteiger partial charge in [-0.15, -0.1) is 0 Å². The summed E-state index contributed by atoms with van der Waals surface area (Å²) >= 11 is 0. The first-order valence-corrected chi connectivity index (χ1v) is 9.95. The minimum atomic E-state index is -0.257. The Bertz CT molecular complexity index is 658. The van der Waals surface area contributed by atoms with Crippen LogP contribution in [0.1, 0.15) is 43.2 Å². The third kappa shape index (κ3) is 5.07. The molecule has 2 aromatic rings. The van der Waals surface area contributed by atoms with Gasteiger partial charge in [-0.2, -0.15) is 0 Å². The average molecular weight is 357 g/mol. The molecule has 1 fully saturated rings. The largest absolute Gasteiger partial charge is 0.484 e.